The van der Waals surface area contributed by atoms with Gasteiger partial charge < -0.3 is 198 Å². The molecule has 8 aliphatic rings. The number of aliphatic hydroxyl groups is 23. The fourth-order valence-corrected chi connectivity index (χ4v) is 12.0. The third-order valence-electron chi connectivity index (χ3n) is 17.3. The SMILES string of the molecule is CCC1O[C@H](OCC2O[C@H](O[C@@H]3C(CO)O[C@H](O[C@@H]4C(CO)O[C@H](O[C@@H]5C(CO)O[C@H](OC)[C@H](O)[C@H]5O)[C@H](O)[C@H]4O)[C@H](O)[C@H]3O)[C@H](O)[C@@H](O)[C@@H]2O[C@H]2OC(CO)[C@@H](O[C@H]3OC(CO)C(O[C@H]4OC(CO)[C@@H](OC)[C@H](O)[C@H]4O)[C@H](O)[C@H]3O)[C@H](O)[C@H]2O)[C@H](O)[C@@H](O)[C@@H]1O. The van der Waals surface area contributed by atoms with Gasteiger partial charge in [0.1, 0.15) is 189 Å². The molecule has 8 aliphatic heterocycles. The van der Waals surface area contributed by atoms with E-state index in [4.69, 9.17) is 80.5 Å². The van der Waals surface area contributed by atoms with Crippen molar-refractivity contribution in [1.82, 2.24) is 0 Å². The molecule has 8 heterocycles. The van der Waals surface area contributed by atoms with Gasteiger partial charge in [-0.05, 0) is 6.42 Å². The van der Waals surface area contributed by atoms with Gasteiger partial charge in [-0.3, -0.25) is 0 Å². The first-order chi connectivity index (χ1) is 43.3. The van der Waals surface area contributed by atoms with Crippen molar-refractivity contribution < 1.29 is 198 Å². The van der Waals surface area contributed by atoms with E-state index in [0.717, 1.165) is 7.11 Å². The van der Waals surface area contributed by atoms with Crippen molar-refractivity contribution in [2.45, 2.75) is 259 Å². The van der Waals surface area contributed by atoms with E-state index in [9.17, 15) is 117 Å². The molecular weight excluding hydrogens is 1250 g/mol. The highest BCUT2D eigenvalue weighted by Crippen LogP contribution is 2.39. The van der Waals surface area contributed by atoms with Gasteiger partial charge in [0.15, 0.2) is 50.3 Å². The van der Waals surface area contributed by atoms with Crippen LogP contribution in [-0.4, -0.2) is 424 Å². The minimum atomic E-state index is -2.33. The van der Waals surface area contributed by atoms with Crippen molar-refractivity contribution in [2.75, 3.05) is 60.5 Å². The molecule has 0 saturated carbocycles. The summed E-state index contributed by atoms with van der Waals surface area (Å²) in [6, 6.07) is 0. The van der Waals surface area contributed by atoms with Crippen LogP contribution in [0.15, 0.2) is 0 Å². The zero-order valence-corrected chi connectivity index (χ0v) is 49.0. The molecule has 0 aromatic carbocycles. The van der Waals surface area contributed by atoms with Crippen molar-refractivity contribution in [1.29, 1.82) is 0 Å². The highest BCUT2D eigenvalue weighted by atomic mass is 16.8. The molecule has 0 spiro atoms. The average molecular weight is 1340 g/mol. The first-order valence-corrected chi connectivity index (χ1v) is 29.3. The van der Waals surface area contributed by atoms with Crippen LogP contribution >= 0.6 is 0 Å². The molecule has 91 heavy (non-hydrogen) atoms. The standard InChI is InChI=1S/C51H88O40/c1-4-12-20(58)21(59)29(67)45(78-12)77-11-19-43(91-50-35(73)27(65)41(17(9-56)84-50)89-48-33(71)24(62)39(15(7-54)82-48)87-46-31(69)22(60)37(75-2)13(5-52)80-46)28(66)36(74)51(85-19)90-42-18(10-57)83-49(34(72)26(42)64)88-40-16(8-55)81-47(32(70)25(40)63)86-38-14(6-53)79-44(76-3)30(68)23(38)61/h12-74H,4-11H2,1-3H3/t12?,13?,14?,15?,16?,17?,18?,19?,20-,21+,22-,23-,24-,25-,26-,27-,28-,29-,30-,31-,32-,33-,34-,35-,36-,37-,38-,39?,40-,41-,42-,43-,44+,45+,46-,47-,48-,49-,50-,51-/m1/s1. The molecule has 0 aliphatic carbocycles. The van der Waals surface area contributed by atoms with E-state index in [1.165, 1.54) is 7.11 Å². The lowest BCUT2D eigenvalue weighted by Gasteiger charge is -2.50. The van der Waals surface area contributed by atoms with Crippen molar-refractivity contribution in [3.8, 4) is 0 Å². The lowest BCUT2D eigenvalue weighted by atomic mass is 9.95. The Labute approximate surface area is 516 Å². The molecule has 40 nitrogen and oxygen atoms in total. The zero-order valence-electron chi connectivity index (χ0n) is 49.0. The third kappa shape index (κ3) is 15.6. The smallest absolute Gasteiger partial charge is 0.187 e. The summed E-state index contributed by atoms with van der Waals surface area (Å²) in [6.07, 6.45) is -75.0. The van der Waals surface area contributed by atoms with E-state index < -0.39 is 292 Å². The molecule has 0 radical (unpaired) electrons. The Hall–Kier alpha value is -1.60. The first-order valence-electron chi connectivity index (χ1n) is 29.3. The Morgan fingerprint density at radius 2 is 0.451 bits per heavy atom. The van der Waals surface area contributed by atoms with Crippen LogP contribution in [-0.2, 0) is 80.5 Å². The second-order valence-corrected chi connectivity index (χ2v) is 23.1. The summed E-state index contributed by atoms with van der Waals surface area (Å²) < 4.78 is 95.9. The van der Waals surface area contributed by atoms with Crippen molar-refractivity contribution >= 4 is 0 Å². The Balaban J connectivity index is 0.947. The van der Waals surface area contributed by atoms with Gasteiger partial charge in [0, 0.05) is 14.2 Å². The normalized spacial score (nSPS) is 52.7. The van der Waals surface area contributed by atoms with Gasteiger partial charge in [-0.15, -0.1) is 0 Å². The van der Waals surface area contributed by atoms with Crippen LogP contribution in [0.3, 0.4) is 0 Å². The quantitative estimate of drug-likeness (QED) is 0.0427. The molecule has 532 valence electrons. The number of methoxy groups -OCH3 is 2. The van der Waals surface area contributed by atoms with Crippen molar-refractivity contribution in [3.05, 3.63) is 0 Å². The summed E-state index contributed by atoms with van der Waals surface area (Å²) in [7, 11) is 2.32. The number of aliphatic hydroxyl groups excluding tert-OH is 23. The highest BCUT2D eigenvalue weighted by molar-refractivity contribution is 5.01. The molecule has 0 amide bonds. The van der Waals surface area contributed by atoms with E-state index in [0.29, 0.717) is 0 Å². The van der Waals surface area contributed by atoms with E-state index in [-0.39, 0.29) is 6.42 Å². The second-order valence-electron chi connectivity index (χ2n) is 23.1. The fraction of sp³-hybridized carbons (Fsp3) is 1.00. The van der Waals surface area contributed by atoms with Crippen LogP contribution in [0.25, 0.3) is 0 Å². The maximum Gasteiger partial charge on any atom is 0.187 e. The first kappa shape index (κ1) is 75.2. The molecule has 8 rings (SSSR count). The summed E-state index contributed by atoms with van der Waals surface area (Å²) in [4.78, 5) is 0. The molecule has 0 aromatic rings. The number of hydrogen-bond acceptors (Lipinski definition) is 40. The molecule has 0 bridgehead atoms. The van der Waals surface area contributed by atoms with Crippen LogP contribution in [0.4, 0.5) is 0 Å². The van der Waals surface area contributed by atoms with E-state index in [1.807, 2.05) is 0 Å². The molecule has 8 saturated heterocycles. The van der Waals surface area contributed by atoms with Crippen LogP contribution in [0.2, 0.25) is 0 Å². The molecule has 9 unspecified atom stereocenters. The monoisotopic (exact) mass is 1340 g/mol. The minimum Gasteiger partial charge on any atom is -0.394 e. The topological polar surface area (TPSA) is 622 Å². The van der Waals surface area contributed by atoms with Gasteiger partial charge in [-0.1, -0.05) is 6.92 Å². The van der Waals surface area contributed by atoms with Gasteiger partial charge in [0.25, 0.3) is 0 Å². The predicted octanol–water partition coefficient (Wildman–Crippen LogP) is -15.7. The van der Waals surface area contributed by atoms with E-state index in [1.54, 1.807) is 6.92 Å². The van der Waals surface area contributed by atoms with Crippen LogP contribution in [0.1, 0.15) is 13.3 Å². The molecule has 40 heteroatoms. The summed E-state index contributed by atoms with van der Waals surface area (Å²) in [6.45, 7) is -5.07. The summed E-state index contributed by atoms with van der Waals surface area (Å²) in [5.74, 6) is 0. The lowest BCUT2D eigenvalue weighted by molar-refractivity contribution is -0.400. The third-order valence-corrected chi connectivity index (χ3v) is 17.3. The van der Waals surface area contributed by atoms with E-state index >= 15 is 0 Å². The molecule has 40 atom stereocenters. The second kappa shape index (κ2) is 32.8. The average Bonchev–Trinajstić information content (AvgIpc) is 1.64. The molecule has 23 N–H and O–H groups in total. The number of ether oxygens (including phenoxy) is 17. The van der Waals surface area contributed by atoms with Gasteiger partial charge in [-0.2, -0.15) is 0 Å². The molecular formula is C51H88O40. The van der Waals surface area contributed by atoms with Crippen molar-refractivity contribution in [3.63, 3.8) is 0 Å². The number of hydrogen-bond donors (Lipinski definition) is 23. The lowest BCUT2D eigenvalue weighted by Crippen LogP contribution is -2.68. The highest BCUT2D eigenvalue weighted by Gasteiger charge is 2.59. The minimum absolute atomic E-state index is 0.0767. The summed E-state index contributed by atoms with van der Waals surface area (Å²) >= 11 is 0. The Kier molecular flexibility index (Phi) is 27.1. The van der Waals surface area contributed by atoms with Gasteiger partial charge in [-0.25, -0.2) is 0 Å². The van der Waals surface area contributed by atoms with Crippen LogP contribution < -0.4 is 0 Å². The maximum absolute atomic E-state index is 11.9. The largest absolute Gasteiger partial charge is 0.394 e. The van der Waals surface area contributed by atoms with Gasteiger partial charge in [0.2, 0.25) is 0 Å². The van der Waals surface area contributed by atoms with Crippen LogP contribution in [0, 0.1) is 0 Å². The number of rotatable bonds is 24. The predicted molar refractivity (Wildman–Crippen MR) is 277 cm³/mol. The summed E-state index contributed by atoms with van der Waals surface area (Å²) in [5, 5.41) is 251. The van der Waals surface area contributed by atoms with Gasteiger partial charge in [0.05, 0.1) is 52.4 Å². The van der Waals surface area contributed by atoms with E-state index in [2.05, 4.69) is 0 Å². The fourth-order valence-electron chi connectivity index (χ4n) is 12.0. The molecule has 0 aromatic heterocycles. The Bertz CT molecular complexity index is 2160. The Morgan fingerprint density at radius 3 is 0.714 bits per heavy atom. The van der Waals surface area contributed by atoms with Crippen LogP contribution in [0.5, 0.6) is 0 Å². The summed E-state index contributed by atoms with van der Waals surface area (Å²) in [5.41, 5.74) is 0. The molecule has 8 fully saturated rings. The van der Waals surface area contributed by atoms with Gasteiger partial charge >= 0.3 is 0 Å². The Morgan fingerprint density at radius 1 is 0.231 bits per heavy atom. The zero-order chi connectivity index (χ0) is 66.8. The maximum atomic E-state index is 11.9. The van der Waals surface area contributed by atoms with Crippen molar-refractivity contribution in [2.24, 2.45) is 0 Å².